The van der Waals surface area contributed by atoms with Gasteiger partial charge in [0.1, 0.15) is 0 Å². The minimum Gasteiger partial charge on any atom is -0.339 e. The van der Waals surface area contributed by atoms with Crippen molar-refractivity contribution in [3.05, 3.63) is 67.6 Å². The second-order valence-corrected chi connectivity index (χ2v) is 12.6. The summed E-state index contributed by atoms with van der Waals surface area (Å²) in [5.41, 5.74) is 1.17. The van der Waals surface area contributed by atoms with Crippen LogP contribution in [-0.2, 0) is 19.2 Å². The second kappa shape index (κ2) is 14.9. The van der Waals surface area contributed by atoms with Crippen LogP contribution in [0.2, 0.25) is 20.1 Å². The van der Waals surface area contributed by atoms with Crippen LogP contribution in [0.15, 0.2) is 46.2 Å². The minimum atomic E-state index is -0.165. The van der Waals surface area contributed by atoms with Gasteiger partial charge in [0.15, 0.2) is 0 Å². The second-order valence-electron chi connectivity index (χ2n) is 9.99. The van der Waals surface area contributed by atoms with Crippen LogP contribution in [0.4, 0.5) is 0 Å². The zero-order chi connectivity index (χ0) is 31.3. The average molecular weight is 684 g/mol. The molecule has 43 heavy (non-hydrogen) atoms. The lowest BCUT2D eigenvalue weighted by atomic mass is 10.2. The van der Waals surface area contributed by atoms with Crippen molar-refractivity contribution >= 4 is 93.9 Å². The Kier molecular flexibility index (Phi) is 11.5. The predicted molar refractivity (Wildman–Crippen MR) is 173 cm³/mol. The molecule has 0 aromatic heterocycles. The fraction of sp³-hybridized carbons (Fsp3) is 0.333. The molecule has 0 bridgehead atoms. The van der Waals surface area contributed by atoms with E-state index in [2.05, 4.69) is 0 Å². The summed E-state index contributed by atoms with van der Waals surface area (Å²) in [6.07, 6.45) is 6.15. The van der Waals surface area contributed by atoms with E-state index in [-0.39, 0.29) is 23.6 Å². The van der Waals surface area contributed by atoms with E-state index in [1.54, 1.807) is 56.0 Å². The molecule has 2 aliphatic heterocycles. The van der Waals surface area contributed by atoms with Gasteiger partial charge in [0.2, 0.25) is 23.6 Å². The Morgan fingerprint density at radius 2 is 0.884 bits per heavy atom. The van der Waals surface area contributed by atoms with Crippen LogP contribution in [0.5, 0.6) is 0 Å². The molecule has 2 heterocycles. The van der Waals surface area contributed by atoms with Crippen LogP contribution < -0.4 is 0 Å². The highest BCUT2D eigenvalue weighted by atomic mass is 35.5. The Labute approximate surface area is 275 Å². The van der Waals surface area contributed by atoms with Crippen molar-refractivity contribution in [3.63, 3.8) is 0 Å². The van der Waals surface area contributed by atoms with E-state index >= 15 is 0 Å². The summed E-state index contributed by atoms with van der Waals surface area (Å²) in [7, 11) is 0. The lowest BCUT2D eigenvalue weighted by Gasteiger charge is -2.33. The van der Waals surface area contributed by atoms with Gasteiger partial charge in [0, 0.05) is 88.1 Å². The Morgan fingerprint density at radius 3 is 1.21 bits per heavy atom. The summed E-state index contributed by atoms with van der Waals surface area (Å²) in [6.45, 7) is 6.97. The molecule has 2 aliphatic rings. The molecule has 0 saturated carbocycles. The molecule has 2 aromatic carbocycles. The van der Waals surface area contributed by atoms with Crippen LogP contribution >= 0.6 is 58.2 Å². The van der Waals surface area contributed by atoms with Crippen molar-refractivity contribution in [2.45, 2.75) is 23.6 Å². The third kappa shape index (κ3) is 8.28. The molecule has 4 rings (SSSR count). The third-order valence-electron chi connectivity index (χ3n) is 7.26. The number of hydrogen-bond acceptors (Lipinski definition) is 5. The van der Waals surface area contributed by atoms with E-state index in [4.69, 9.17) is 46.4 Å². The van der Waals surface area contributed by atoms with Gasteiger partial charge in [0.25, 0.3) is 0 Å². The monoisotopic (exact) mass is 682 g/mol. The van der Waals surface area contributed by atoms with E-state index in [0.29, 0.717) is 93.4 Å². The van der Waals surface area contributed by atoms with Crippen LogP contribution in [0.1, 0.15) is 25.0 Å². The van der Waals surface area contributed by atoms with Crippen LogP contribution in [-0.4, -0.2) is 95.6 Å². The lowest BCUT2D eigenvalue weighted by Crippen LogP contribution is -2.49. The molecule has 0 atom stereocenters. The first kappa shape index (κ1) is 33.2. The lowest BCUT2D eigenvalue weighted by molar-refractivity contribution is -0.135. The Balaban J connectivity index is 1.39. The molecular formula is C30H30Cl4N4O4S. The van der Waals surface area contributed by atoms with Crippen molar-refractivity contribution < 1.29 is 19.2 Å². The highest BCUT2D eigenvalue weighted by molar-refractivity contribution is 7.99. The maximum absolute atomic E-state index is 12.6. The molecule has 4 amide bonds. The first-order chi connectivity index (χ1) is 20.5. The fourth-order valence-electron chi connectivity index (χ4n) is 4.64. The summed E-state index contributed by atoms with van der Waals surface area (Å²) in [6, 6.07) is 7.11. The van der Waals surface area contributed by atoms with Crippen LogP contribution in [0.3, 0.4) is 0 Å². The van der Waals surface area contributed by atoms with Crippen LogP contribution in [0, 0.1) is 0 Å². The zero-order valence-corrected chi connectivity index (χ0v) is 27.5. The first-order valence-corrected chi connectivity index (χ1v) is 15.9. The number of piperazine rings is 2. The molecule has 0 unspecified atom stereocenters. The highest BCUT2D eigenvalue weighted by Gasteiger charge is 2.22. The van der Waals surface area contributed by atoms with Gasteiger partial charge in [-0.1, -0.05) is 70.3 Å². The van der Waals surface area contributed by atoms with E-state index < -0.39 is 0 Å². The summed E-state index contributed by atoms with van der Waals surface area (Å²) >= 11 is 27.6. The molecule has 2 fully saturated rings. The molecule has 0 spiro atoms. The summed E-state index contributed by atoms with van der Waals surface area (Å²) in [4.78, 5) is 56.4. The SMILES string of the molecule is CC(=O)N1CCN(C(=O)/C=C/c2ccc(Sc3ccc(/C=C/C(=O)N4CCN(C(C)=O)CC4)c(Cl)c3Cl)c(Cl)c2Cl)CC1. The van der Waals surface area contributed by atoms with E-state index in [1.807, 2.05) is 0 Å². The molecule has 13 heteroatoms. The largest absolute Gasteiger partial charge is 0.339 e. The van der Waals surface area contributed by atoms with Crippen LogP contribution in [0.25, 0.3) is 12.2 Å². The normalized spacial score (nSPS) is 16.0. The van der Waals surface area contributed by atoms with Gasteiger partial charge >= 0.3 is 0 Å². The topological polar surface area (TPSA) is 81.2 Å². The van der Waals surface area contributed by atoms with Gasteiger partial charge in [-0.3, -0.25) is 19.2 Å². The maximum atomic E-state index is 12.6. The number of halogens is 4. The van der Waals surface area contributed by atoms with E-state index in [9.17, 15) is 19.2 Å². The number of hydrogen-bond donors (Lipinski definition) is 0. The summed E-state index contributed by atoms with van der Waals surface area (Å²) < 4.78 is 0. The number of nitrogens with zero attached hydrogens (tertiary/aromatic N) is 4. The summed E-state index contributed by atoms with van der Waals surface area (Å²) in [5, 5.41) is 1.20. The number of benzene rings is 2. The molecule has 0 aliphatic carbocycles. The molecule has 0 N–H and O–H groups in total. The molecular weight excluding hydrogens is 654 g/mol. The molecule has 228 valence electrons. The van der Waals surface area contributed by atoms with Gasteiger partial charge in [-0.15, -0.1) is 0 Å². The molecule has 0 radical (unpaired) electrons. The fourth-order valence-corrected chi connectivity index (χ4v) is 6.68. The summed E-state index contributed by atoms with van der Waals surface area (Å²) in [5.74, 6) is -0.325. The van der Waals surface area contributed by atoms with Crippen molar-refractivity contribution in [3.8, 4) is 0 Å². The molecule has 8 nitrogen and oxygen atoms in total. The Bertz CT molecular complexity index is 1370. The molecule has 2 aromatic rings. The maximum Gasteiger partial charge on any atom is 0.246 e. The minimum absolute atomic E-state index is 0.00286. The third-order valence-corrected chi connectivity index (χ3v) is 10.4. The van der Waals surface area contributed by atoms with Gasteiger partial charge < -0.3 is 19.6 Å². The van der Waals surface area contributed by atoms with Gasteiger partial charge in [-0.05, 0) is 35.4 Å². The smallest absolute Gasteiger partial charge is 0.246 e. The number of carbonyl (C=O) groups is 4. The average Bonchev–Trinajstić information content (AvgIpc) is 3.00. The highest BCUT2D eigenvalue weighted by Crippen LogP contribution is 2.44. The van der Waals surface area contributed by atoms with Gasteiger partial charge in [0.05, 0.1) is 20.1 Å². The van der Waals surface area contributed by atoms with Crippen molar-refractivity contribution in [1.29, 1.82) is 0 Å². The number of rotatable bonds is 6. The Hall–Kier alpha value is -2.69. The quantitative estimate of drug-likeness (QED) is 0.357. The van der Waals surface area contributed by atoms with Crippen molar-refractivity contribution in [1.82, 2.24) is 19.6 Å². The van der Waals surface area contributed by atoms with E-state index in [0.717, 1.165) is 0 Å². The standard InChI is InChI=1S/C30H30Cl4N4O4S/c1-19(39)35-11-15-37(16-12-35)25(41)9-5-21-3-7-23(29(33)27(21)31)43-24-8-4-22(28(32)30(24)34)6-10-26(42)38-17-13-36(14-18-38)20(2)40/h3-10H,11-18H2,1-2H3/b9-5+,10-6+. The first-order valence-electron chi connectivity index (χ1n) is 13.5. The molecule has 2 saturated heterocycles. The van der Waals surface area contributed by atoms with Crippen molar-refractivity contribution in [2.24, 2.45) is 0 Å². The van der Waals surface area contributed by atoms with Crippen molar-refractivity contribution in [2.75, 3.05) is 52.4 Å². The zero-order valence-electron chi connectivity index (χ0n) is 23.6. The van der Waals surface area contributed by atoms with E-state index in [1.165, 1.54) is 37.8 Å². The predicted octanol–water partition coefficient (Wildman–Crippen LogP) is 5.86. The number of amides is 4. The van der Waals surface area contributed by atoms with Gasteiger partial charge in [-0.25, -0.2) is 0 Å². The van der Waals surface area contributed by atoms with Gasteiger partial charge in [-0.2, -0.15) is 0 Å². The number of carbonyl (C=O) groups excluding carboxylic acids is 4. The Morgan fingerprint density at radius 1 is 0.558 bits per heavy atom.